The fraction of sp³-hybridized carbons (Fsp3) is 0.667. The zero-order chi connectivity index (χ0) is 13.5. The van der Waals surface area contributed by atoms with Crippen LogP contribution in [0.2, 0.25) is 0 Å². The lowest BCUT2D eigenvalue weighted by molar-refractivity contribution is 0.171. The Morgan fingerprint density at radius 3 is 2.78 bits per heavy atom. The minimum absolute atomic E-state index is 0.197. The summed E-state index contributed by atoms with van der Waals surface area (Å²) >= 11 is 0. The van der Waals surface area contributed by atoms with Gasteiger partial charge in [-0.15, -0.1) is 0 Å². The second kappa shape index (κ2) is 7.13. The molecule has 1 aromatic rings. The smallest absolute Gasteiger partial charge is 0.330 e. The summed E-state index contributed by atoms with van der Waals surface area (Å²) in [5, 5.41) is 3.19. The molecule has 1 heterocycles. The van der Waals surface area contributed by atoms with Crippen LogP contribution in [0.1, 0.15) is 13.8 Å². The first kappa shape index (κ1) is 14.7. The highest BCUT2D eigenvalue weighted by molar-refractivity contribution is 4.86. The first-order chi connectivity index (χ1) is 8.60. The molecule has 0 bridgehead atoms. The molecule has 1 N–H and O–H groups in total. The summed E-state index contributed by atoms with van der Waals surface area (Å²) in [5.41, 5.74) is -0.517. The summed E-state index contributed by atoms with van der Waals surface area (Å²) < 4.78 is 7.75. The van der Waals surface area contributed by atoms with Crippen molar-refractivity contribution in [3.63, 3.8) is 0 Å². The number of hydrogen-bond acceptors (Lipinski definition) is 4. The Hall–Kier alpha value is -1.40. The summed E-state index contributed by atoms with van der Waals surface area (Å²) in [6, 6.07) is 1.62. The molecule has 6 nitrogen and oxygen atoms in total. The van der Waals surface area contributed by atoms with Crippen LogP contribution in [0.3, 0.4) is 0 Å². The second-order valence-electron chi connectivity index (χ2n) is 4.18. The molecular weight excluding hydrogens is 234 g/mol. The number of aromatic nitrogens is 2. The highest BCUT2D eigenvalue weighted by Gasteiger charge is 2.05. The van der Waals surface area contributed by atoms with E-state index in [-0.39, 0.29) is 17.3 Å². The molecule has 0 saturated carbocycles. The Kier molecular flexibility index (Phi) is 5.80. The van der Waals surface area contributed by atoms with Gasteiger partial charge in [-0.05, 0) is 13.8 Å². The zero-order valence-electron chi connectivity index (χ0n) is 11.2. The summed E-state index contributed by atoms with van der Waals surface area (Å²) in [5.74, 6) is 0. The van der Waals surface area contributed by atoms with Crippen LogP contribution in [0.5, 0.6) is 0 Å². The van der Waals surface area contributed by atoms with Crippen LogP contribution in [0.15, 0.2) is 21.9 Å². The number of nitrogens with zero attached hydrogens (tertiary/aromatic N) is 2. The first-order valence-corrected chi connectivity index (χ1v) is 6.12. The van der Waals surface area contributed by atoms with Crippen molar-refractivity contribution in [2.75, 3.05) is 20.3 Å². The molecular formula is C12H21N3O3. The van der Waals surface area contributed by atoms with Gasteiger partial charge in [0.05, 0.1) is 6.61 Å². The number of nitrogens with one attached hydrogen (secondary N) is 1. The summed E-state index contributed by atoms with van der Waals surface area (Å²) in [6.45, 7) is 5.95. The highest BCUT2D eigenvalue weighted by Crippen LogP contribution is 1.83. The maximum Gasteiger partial charge on any atom is 0.330 e. The average molecular weight is 255 g/mol. The molecule has 0 aliphatic carbocycles. The van der Waals surface area contributed by atoms with Gasteiger partial charge >= 0.3 is 5.69 Å². The quantitative estimate of drug-likeness (QED) is 0.723. The lowest BCUT2D eigenvalue weighted by Gasteiger charge is -2.13. The van der Waals surface area contributed by atoms with Crippen molar-refractivity contribution in [2.45, 2.75) is 33.0 Å². The van der Waals surface area contributed by atoms with Crippen molar-refractivity contribution in [3.05, 3.63) is 33.1 Å². The van der Waals surface area contributed by atoms with Crippen molar-refractivity contribution in [3.8, 4) is 0 Å². The number of aryl methyl sites for hydroxylation is 1. The van der Waals surface area contributed by atoms with Gasteiger partial charge in [0.15, 0.2) is 0 Å². The summed E-state index contributed by atoms with van der Waals surface area (Å²) in [7, 11) is 1.64. The highest BCUT2D eigenvalue weighted by atomic mass is 16.5. The van der Waals surface area contributed by atoms with Gasteiger partial charge in [-0.3, -0.25) is 9.36 Å². The van der Waals surface area contributed by atoms with Gasteiger partial charge in [-0.1, -0.05) is 0 Å². The van der Waals surface area contributed by atoms with Gasteiger partial charge in [0.25, 0.3) is 5.56 Å². The van der Waals surface area contributed by atoms with Gasteiger partial charge in [-0.25, -0.2) is 4.79 Å². The Balaban J connectivity index is 2.68. The molecule has 0 aliphatic heterocycles. The van der Waals surface area contributed by atoms with Gasteiger partial charge in [0, 0.05) is 45.0 Å². The molecule has 1 unspecified atom stereocenters. The lowest BCUT2D eigenvalue weighted by atomic mass is 10.3. The standard InChI is InChI=1S/C12H21N3O3/c1-4-14-7-5-11(16)15(12(14)17)8-6-13-10(2)9-18-3/h5,7,10,13H,4,6,8-9H2,1-3H3. The van der Waals surface area contributed by atoms with Crippen molar-refractivity contribution in [2.24, 2.45) is 0 Å². The van der Waals surface area contributed by atoms with Gasteiger partial charge < -0.3 is 14.6 Å². The minimum Gasteiger partial charge on any atom is -0.383 e. The number of rotatable bonds is 7. The largest absolute Gasteiger partial charge is 0.383 e. The fourth-order valence-electron chi connectivity index (χ4n) is 1.73. The van der Waals surface area contributed by atoms with Crippen molar-refractivity contribution in [1.29, 1.82) is 0 Å². The van der Waals surface area contributed by atoms with Crippen LogP contribution in [0, 0.1) is 0 Å². The Morgan fingerprint density at radius 2 is 2.17 bits per heavy atom. The topological polar surface area (TPSA) is 65.3 Å². The van der Waals surface area contributed by atoms with E-state index in [0.29, 0.717) is 26.2 Å². The van der Waals surface area contributed by atoms with Gasteiger partial charge in [0.1, 0.15) is 0 Å². The third kappa shape index (κ3) is 3.82. The number of hydrogen-bond donors (Lipinski definition) is 1. The molecule has 1 rings (SSSR count). The molecule has 0 fully saturated rings. The Labute approximate surface area is 106 Å². The Morgan fingerprint density at radius 1 is 1.44 bits per heavy atom. The van der Waals surface area contributed by atoms with Gasteiger partial charge in [0.2, 0.25) is 0 Å². The third-order valence-electron chi connectivity index (χ3n) is 2.73. The van der Waals surface area contributed by atoms with Crippen LogP contribution in [-0.4, -0.2) is 35.4 Å². The molecule has 18 heavy (non-hydrogen) atoms. The fourth-order valence-corrected chi connectivity index (χ4v) is 1.73. The van der Waals surface area contributed by atoms with E-state index < -0.39 is 0 Å². The van der Waals surface area contributed by atoms with E-state index in [4.69, 9.17) is 4.74 Å². The van der Waals surface area contributed by atoms with E-state index in [9.17, 15) is 9.59 Å². The van der Waals surface area contributed by atoms with E-state index in [1.54, 1.807) is 7.11 Å². The predicted molar refractivity (Wildman–Crippen MR) is 70.0 cm³/mol. The average Bonchev–Trinajstić information content (AvgIpc) is 2.34. The molecule has 0 spiro atoms. The summed E-state index contributed by atoms with van der Waals surface area (Å²) in [6.07, 6.45) is 1.53. The second-order valence-corrected chi connectivity index (χ2v) is 4.18. The monoisotopic (exact) mass is 255 g/mol. The molecule has 0 aromatic carbocycles. The van der Waals surface area contributed by atoms with Crippen LogP contribution in [-0.2, 0) is 17.8 Å². The van der Waals surface area contributed by atoms with E-state index in [1.807, 2.05) is 13.8 Å². The molecule has 6 heteroatoms. The Bertz CT molecular complexity index is 478. The van der Waals surface area contributed by atoms with E-state index in [1.165, 1.54) is 21.4 Å². The molecule has 0 amide bonds. The van der Waals surface area contributed by atoms with Crippen LogP contribution >= 0.6 is 0 Å². The van der Waals surface area contributed by atoms with Crippen molar-refractivity contribution < 1.29 is 4.74 Å². The number of ether oxygens (including phenoxy) is 1. The maximum absolute atomic E-state index is 11.9. The lowest BCUT2D eigenvalue weighted by Crippen LogP contribution is -2.42. The molecule has 102 valence electrons. The van der Waals surface area contributed by atoms with Crippen LogP contribution in [0.25, 0.3) is 0 Å². The molecule has 0 aliphatic rings. The molecule has 0 radical (unpaired) electrons. The van der Waals surface area contributed by atoms with Crippen LogP contribution < -0.4 is 16.6 Å². The van der Waals surface area contributed by atoms with E-state index in [2.05, 4.69) is 5.32 Å². The van der Waals surface area contributed by atoms with Gasteiger partial charge in [-0.2, -0.15) is 0 Å². The SMILES string of the molecule is CCn1ccc(=O)n(CCNC(C)COC)c1=O. The third-order valence-corrected chi connectivity index (χ3v) is 2.73. The van der Waals surface area contributed by atoms with Crippen molar-refractivity contribution >= 4 is 0 Å². The van der Waals surface area contributed by atoms with Crippen molar-refractivity contribution in [1.82, 2.24) is 14.5 Å². The minimum atomic E-state index is -0.258. The summed E-state index contributed by atoms with van der Waals surface area (Å²) in [4.78, 5) is 23.5. The zero-order valence-corrected chi connectivity index (χ0v) is 11.2. The molecule has 0 saturated heterocycles. The first-order valence-electron chi connectivity index (χ1n) is 6.12. The normalized spacial score (nSPS) is 12.6. The maximum atomic E-state index is 11.9. The van der Waals surface area contributed by atoms with E-state index in [0.717, 1.165) is 0 Å². The predicted octanol–water partition coefficient (Wildman–Crippen LogP) is -0.346. The van der Waals surface area contributed by atoms with E-state index >= 15 is 0 Å². The molecule has 1 atom stereocenters. The number of methoxy groups -OCH3 is 1. The molecule has 1 aromatic heterocycles. The van der Waals surface area contributed by atoms with Crippen LogP contribution in [0.4, 0.5) is 0 Å².